The first-order chi connectivity index (χ1) is 13.2. The molecule has 9 heteroatoms. The lowest BCUT2D eigenvalue weighted by Gasteiger charge is -2.17. The summed E-state index contributed by atoms with van der Waals surface area (Å²) in [5.41, 5.74) is -1.21. The van der Waals surface area contributed by atoms with Crippen molar-refractivity contribution in [2.24, 2.45) is 0 Å². The maximum Gasteiger partial charge on any atom is 0.416 e. The molecule has 28 heavy (non-hydrogen) atoms. The fourth-order valence-electron chi connectivity index (χ4n) is 2.38. The van der Waals surface area contributed by atoms with E-state index in [1.807, 2.05) is 0 Å². The Bertz CT molecular complexity index is 856. The lowest BCUT2D eigenvalue weighted by molar-refractivity contribution is -0.143. The molecule has 1 amide bonds. The van der Waals surface area contributed by atoms with Crippen LogP contribution in [0, 0.1) is 0 Å². The fraction of sp³-hybridized carbons (Fsp3) is 0.263. The molecule has 5 nitrogen and oxygen atoms in total. The lowest BCUT2D eigenvalue weighted by atomic mass is 10.1. The van der Waals surface area contributed by atoms with E-state index in [0.29, 0.717) is 11.0 Å². The molecule has 0 aliphatic carbocycles. The Balaban J connectivity index is 2.08. The highest BCUT2D eigenvalue weighted by Crippen LogP contribution is 2.29. The maximum absolute atomic E-state index is 12.8. The molecular formula is C19H18F3NO4S. The first-order valence-corrected chi connectivity index (χ1v) is 9.53. The molecule has 0 spiro atoms. The lowest BCUT2D eigenvalue weighted by Crippen LogP contribution is -2.42. The van der Waals surface area contributed by atoms with Gasteiger partial charge in [-0.3, -0.25) is 9.00 Å². The molecule has 0 heterocycles. The van der Waals surface area contributed by atoms with E-state index in [2.05, 4.69) is 10.1 Å². The number of amides is 1. The molecule has 0 aromatic heterocycles. The van der Waals surface area contributed by atoms with Gasteiger partial charge < -0.3 is 10.1 Å². The third-order valence-electron chi connectivity index (χ3n) is 3.84. The summed E-state index contributed by atoms with van der Waals surface area (Å²) >= 11 is 0. The predicted octanol–water partition coefficient (Wildman–Crippen LogP) is 3.17. The van der Waals surface area contributed by atoms with Crippen molar-refractivity contribution in [2.75, 3.05) is 12.9 Å². The summed E-state index contributed by atoms with van der Waals surface area (Å²) in [6.45, 7) is 0. The van der Waals surface area contributed by atoms with Crippen LogP contribution >= 0.6 is 0 Å². The Kier molecular flexibility index (Phi) is 7.33. The van der Waals surface area contributed by atoms with Gasteiger partial charge in [-0.2, -0.15) is 13.2 Å². The molecule has 0 saturated carbocycles. The van der Waals surface area contributed by atoms with Crippen LogP contribution in [0.1, 0.15) is 22.3 Å². The number of rotatable bonds is 7. The van der Waals surface area contributed by atoms with E-state index in [1.165, 1.54) is 6.07 Å². The third-order valence-corrected chi connectivity index (χ3v) is 5.25. The number of methoxy groups -OCH3 is 1. The number of hydrogen-bond acceptors (Lipinski definition) is 4. The van der Waals surface area contributed by atoms with E-state index in [0.717, 1.165) is 19.2 Å². The first-order valence-electron chi connectivity index (χ1n) is 8.21. The molecule has 0 saturated heterocycles. The van der Waals surface area contributed by atoms with Crippen molar-refractivity contribution in [3.8, 4) is 0 Å². The number of benzene rings is 2. The van der Waals surface area contributed by atoms with E-state index in [1.54, 1.807) is 30.3 Å². The minimum Gasteiger partial charge on any atom is -0.467 e. The number of carbonyl (C=O) groups excluding carboxylic acids is 2. The Morgan fingerprint density at radius 3 is 2.39 bits per heavy atom. The zero-order chi connectivity index (χ0) is 20.7. The summed E-state index contributed by atoms with van der Waals surface area (Å²) in [7, 11) is -0.280. The van der Waals surface area contributed by atoms with Gasteiger partial charge in [-0.25, -0.2) is 4.79 Å². The number of nitrogens with one attached hydrogen (secondary N) is 1. The molecule has 1 N–H and O–H groups in total. The highest BCUT2D eigenvalue weighted by atomic mass is 32.2. The number of halogens is 3. The molecule has 0 aliphatic rings. The summed E-state index contributed by atoms with van der Waals surface area (Å²) in [6.07, 6.45) is -4.59. The van der Waals surface area contributed by atoms with Crippen LogP contribution in [-0.4, -0.2) is 35.0 Å². The molecule has 150 valence electrons. The van der Waals surface area contributed by atoms with Crippen molar-refractivity contribution in [1.29, 1.82) is 0 Å². The highest BCUT2D eigenvalue weighted by Gasteiger charge is 2.31. The van der Waals surface area contributed by atoms with E-state index in [-0.39, 0.29) is 17.7 Å². The minimum absolute atomic E-state index is 0.00111. The number of carbonyl (C=O) groups is 2. The zero-order valence-electron chi connectivity index (χ0n) is 14.9. The van der Waals surface area contributed by atoms with E-state index in [4.69, 9.17) is 0 Å². The van der Waals surface area contributed by atoms with Crippen LogP contribution in [0.4, 0.5) is 13.2 Å². The van der Waals surface area contributed by atoms with E-state index >= 15 is 0 Å². The van der Waals surface area contributed by atoms with Crippen LogP contribution in [0.3, 0.4) is 0 Å². The van der Waals surface area contributed by atoms with Crippen LogP contribution in [0.15, 0.2) is 59.5 Å². The quantitative estimate of drug-likeness (QED) is 0.708. The summed E-state index contributed by atoms with van der Waals surface area (Å²) in [4.78, 5) is 24.8. The maximum atomic E-state index is 12.8. The minimum atomic E-state index is -4.59. The van der Waals surface area contributed by atoms with Gasteiger partial charge in [0.2, 0.25) is 0 Å². The van der Waals surface area contributed by atoms with Crippen molar-refractivity contribution < 1.29 is 31.7 Å². The Morgan fingerprint density at radius 1 is 1.11 bits per heavy atom. The van der Waals surface area contributed by atoms with Crippen LogP contribution in [-0.2, 0) is 26.5 Å². The van der Waals surface area contributed by atoms with Crippen LogP contribution in [0.25, 0.3) is 0 Å². The second kappa shape index (κ2) is 9.50. The number of esters is 1. The Labute approximate surface area is 162 Å². The standard InChI is InChI=1S/C19H18F3NO4S/c1-27-18(25)16(10-11-28(26)15-8-3-2-4-9-15)23-17(24)13-6-5-7-14(12-13)19(20,21)22/h2-9,12,16H,10-11H2,1H3,(H,23,24)/t16-,28+/m1/s1. The number of hydrogen-bond donors (Lipinski definition) is 1. The molecule has 0 fully saturated rings. The summed E-state index contributed by atoms with van der Waals surface area (Å²) in [5, 5.41) is 2.35. The third kappa shape index (κ3) is 5.91. The van der Waals surface area contributed by atoms with E-state index < -0.39 is 40.5 Å². The summed E-state index contributed by atoms with van der Waals surface area (Å²) in [5.74, 6) is -1.57. The van der Waals surface area contributed by atoms with Gasteiger partial charge in [0.15, 0.2) is 0 Å². The van der Waals surface area contributed by atoms with Crippen molar-refractivity contribution in [3.05, 3.63) is 65.7 Å². The van der Waals surface area contributed by atoms with Gasteiger partial charge in [0.1, 0.15) is 6.04 Å². The normalized spacial score (nSPS) is 13.4. The van der Waals surface area contributed by atoms with Crippen LogP contribution in [0.5, 0.6) is 0 Å². The largest absolute Gasteiger partial charge is 0.467 e. The average Bonchev–Trinajstić information content (AvgIpc) is 2.70. The topological polar surface area (TPSA) is 72.5 Å². The Hall–Kier alpha value is -2.68. The second-order valence-electron chi connectivity index (χ2n) is 5.78. The van der Waals surface area contributed by atoms with Gasteiger partial charge in [-0.15, -0.1) is 0 Å². The molecular weight excluding hydrogens is 395 g/mol. The smallest absolute Gasteiger partial charge is 0.416 e. The first kappa shape index (κ1) is 21.6. The second-order valence-corrected chi connectivity index (χ2v) is 7.35. The van der Waals surface area contributed by atoms with Crippen LogP contribution in [0.2, 0.25) is 0 Å². The van der Waals surface area contributed by atoms with Gasteiger partial charge in [-0.1, -0.05) is 24.3 Å². The molecule has 0 bridgehead atoms. The molecule has 0 radical (unpaired) electrons. The molecule has 2 atom stereocenters. The summed E-state index contributed by atoms with van der Waals surface area (Å²) in [6, 6.07) is 11.3. The molecule has 2 rings (SSSR count). The Morgan fingerprint density at radius 2 is 1.79 bits per heavy atom. The molecule has 0 unspecified atom stereocenters. The van der Waals surface area contributed by atoms with Gasteiger partial charge >= 0.3 is 12.1 Å². The average molecular weight is 413 g/mol. The van der Waals surface area contributed by atoms with Crippen LogP contribution < -0.4 is 5.32 Å². The molecule has 2 aromatic carbocycles. The number of alkyl halides is 3. The predicted molar refractivity (Wildman–Crippen MR) is 97.0 cm³/mol. The monoisotopic (exact) mass is 413 g/mol. The van der Waals surface area contributed by atoms with E-state index in [9.17, 15) is 27.0 Å². The van der Waals surface area contributed by atoms with Crippen molar-refractivity contribution in [3.63, 3.8) is 0 Å². The molecule has 2 aromatic rings. The van der Waals surface area contributed by atoms with Gasteiger partial charge in [0.25, 0.3) is 5.91 Å². The van der Waals surface area contributed by atoms with Crippen molar-refractivity contribution in [1.82, 2.24) is 5.32 Å². The SMILES string of the molecule is COC(=O)[C@@H](CC[S@](=O)c1ccccc1)NC(=O)c1cccc(C(F)(F)F)c1. The highest BCUT2D eigenvalue weighted by molar-refractivity contribution is 7.85. The van der Waals surface area contributed by atoms with Gasteiger partial charge in [0.05, 0.1) is 23.5 Å². The zero-order valence-corrected chi connectivity index (χ0v) is 15.7. The molecule has 0 aliphatic heterocycles. The summed E-state index contributed by atoms with van der Waals surface area (Å²) < 4.78 is 55.3. The fourth-order valence-corrected chi connectivity index (χ4v) is 3.53. The van der Waals surface area contributed by atoms with Crippen molar-refractivity contribution >= 4 is 22.7 Å². The number of ether oxygens (including phenoxy) is 1. The van der Waals surface area contributed by atoms with Gasteiger partial charge in [-0.05, 0) is 36.8 Å². The van der Waals surface area contributed by atoms with Crippen molar-refractivity contribution in [2.45, 2.75) is 23.5 Å². The van der Waals surface area contributed by atoms with Gasteiger partial charge in [0, 0.05) is 16.2 Å².